The fraction of sp³-hybridized carbons (Fsp3) is 0.500. The van der Waals surface area contributed by atoms with Gasteiger partial charge in [-0.3, -0.25) is 0 Å². The minimum atomic E-state index is -0.584. The van der Waals surface area contributed by atoms with Gasteiger partial charge < -0.3 is 29.0 Å². The third kappa shape index (κ3) is 2.33. The Bertz CT molecular complexity index is 733. The lowest BCUT2D eigenvalue weighted by Gasteiger charge is -2.40. The van der Waals surface area contributed by atoms with Crippen molar-refractivity contribution in [2.45, 2.75) is 30.4 Å². The van der Waals surface area contributed by atoms with Gasteiger partial charge in [0.05, 0.1) is 26.4 Å². The van der Waals surface area contributed by atoms with Crippen LogP contribution in [0.4, 0.5) is 4.79 Å². The van der Waals surface area contributed by atoms with Gasteiger partial charge in [0, 0.05) is 12.0 Å². The van der Waals surface area contributed by atoms with E-state index < -0.39 is 11.5 Å². The first-order valence-electron chi connectivity index (χ1n) is 8.29. The van der Waals surface area contributed by atoms with Gasteiger partial charge in [-0.1, -0.05) is 12.2 Å². The molecular formula is C18H21NO6. The zero-order chi connectivity index (χ0) is 17.6. The molecule has 1 N–H and O–H groups in total. The third-order valence-electron chi connectivity index (χ3n) is 5.42. The zero-order valence-corrected chi connectivity index (χ0v) is 14.2. The van der Waals surface area contributed by atoms with Crippen molar-refractivity contribution in [2.24, 2.45) is 0 Å². The van der Waals surface area contributed by atoms with Crippen molar-refractivity contribution in [1.29, 1.82) is 0 Å². The highest BCUT2D eigenvalue weighted by molar-refractivity contribution is 5.70. The molecule has 0 aromatic heterocycles. The molecular weight excluding hydrogens is 326 g/mol. The molecule has 2 aliphatic heterocycles. The number of ether oxygens (including phenoxy) is 4. The van der Waals surface area contributed by atoms with Crippen molar-refractivity contribution >= 4 is 6.09 Å². The number of nitrogens with zero attached hydrogens (tertiary/aromatic N) is 1. The van der Waals surface area contributed by atoms with Crippen LogP contribution in [0.3, 0.4) is 0 Å². The molecule has 0 radical (unpaired) electrons. The van der Waals surface area contributed by atoms with Gasteiger partial charge in [-0.05, 0) is 30.5 Å². The van der Waals surface area contributed by atoms with E-state index in [1.54, 1.807) is 18.1 Å². The smallest absolute Gasteiger partial charge is 0.409 e. The second kappa shape index (κ2) is 5.84. The zero-order valence-electron chi connectivity index (χ0n) is 14.2. The lowest BCUT2D eigenvalue weighted by Crippen LogP contribution is -2.48. The molecule has 0 bridgehead atoms. The number of hydrogen-bond acceptors (Lipinski definition) is 6. The lowest BCUT2D eigenvalue weighted by molar-refractivity contribution is 0.0917. The standard InChI is InChI=1S/C18H21NO6/c1-22-13-7-11(8-14-16(13)25-10-24-14)18-4-3-12(20)9-15(18)19(6-5-18)17(21)23-2/h3-4,7-8,12,15,20H,5-6,9-10H2,1-2H3/t12-,15+,18+/m0/s1. The molecule has 1 aromatic rings. The SMILES string of the molecule is COC(=O)N1CC[C@@]2(c3cc(OC)c4c(c3)OCO4)C=C[C@H](O)C[C@@H]12. The van der Waals surface area contributed by atoms with Crippen LogP contribution in [0.25, 0.3) is 0 Å². The minimum Gasteiger partial charge on any atom is -0.493 e. The molecule has 0 saturated carbocycles. The number of aliphatic hydroxyl groups is 1. The van der Waals surface area contributed by atoms with Crippen LogP contribution in [0.2, 0.25) is 0 Å². The first kappa shape index (κ1) is 16.1. The van der Waals surface area contributed by atoms with Crippen LogP contribution in [0.1, 0.15) is 18.4 Å². The molecule has 7 heteroatoms. The molecule has 1 aliphatic carbocycles. The highest BCUT2D eigenvalue weighted by atomic mass is 16.7. The highest BCUT2D eigenvalue weighted by Gasteiger charge is 2.51. The molecule has 7 nitrogen and oxygen atoms in total. The average Bonchev–Trinajstić information content (AvgIpc) is 3.25. The molecule has 3 aliphatic rings. The van der Waals surface area contributed by atoms with Gasteiger partial charge in [0.1, 0.15) is 0 Å². The van der Waals surface area contributed by atoms with Crippen LogP contribution >= 0.6 is 0 Å². The number of rotatable bonds is 2. The van der Waals surface area contributed by atoms with Crippen molar-refractivity contribution in [3.05, 3.63) is 29.8 Å². The molecule has 1 saturated heterocycles. The normalized spacial score (nSPS) is 29.5. The highest BCUT2D eigenvalue weighted by Crippen LogP contribution is 2.51. The largest absolute Gasteiger partial charge is 0.493 e. The second-order valence-corrected chi connectivity index (χ2v) is 6.54. The Morgan fingerprint density at radius 2 is 2.20 bits per heavy atom. The summed E-state index contributed by atoms with van der Waals surface area (Å²) in [6, 6.07) is 3.69. The summed E-state index contributed by atoms with van der Waals surface area (Å²) in [6.45, 7) is 0.722. The number of methoxy groups -OCH3 is 2. The summed E-state index contributed by atoms with van der Waals surface area (Å²) >= 11 is 0. The number of aliphatic hydroxyl groups excluding tert-OH is 1. The van der Waals surface area contributed by atoms with Crippen LogP contribution in [0.15, 0.2) is 24.3 Å². The molecule has 25 heavy (non-hydrogen) atoms. The first-order chi connectivity index (χ1) is 12.1. The molecule has 1 fully saturated rings. The van der Waals surface area contributed by atoms with E-state index in [-0.39, 0.29) is 18.9 Å². The van der Waals surface area contributed by atoms with Crippen LogP contribution in [0.5, 0.6) is 17.2 Å². The maximum atomic E-state index is 12.2. The van der Waals surface area contributed by atoms with Crippen LogP contribution < -0.4 is 14.2 Å². The predicted molar refractivity (Wildman–Crippen MR) is 88.1 cm³/mol. The average molecular weight is 347 g/mol. The Kier molecular flexibility index (Phi) is 3.76. The maximum absolute atomic E-state index is 12.2. The van der Waals surface area contributed by atoms with Crippen molar-refractivity contribution < 1.29 is 28.8 Å². The second-order valence-electron chi connectivity index (χ2n) is 6.54. The Morgan fingerprint density at radius 1 is 1.36 bits per heavy atom. The number of carbonyl (C=O) groups excluding carboxylic acids is 1. The van der Waals surface area contributed by atoms with Gasteiger partial charge in [-0.2, -0.15) is 0 Å². The summed E-state index contributed by atoms with van der Waals surface area (Å²) in [7, 11) is 2.97. The molecule has 1 aromatic carbocycles. The fourth-order valence-corrected chi connectivity index (χ4v) is 4.20. The Morgan fingerprint density at radius 3 is 2.96 bits per heavy atom. The van der Waals surface area contributed by atoms with Crippen LogP contribution in [-0.2, 0) is 10.2 Å². The summed E-state index contributed by atoms with van der Waals surface area (Å²) < 4.78 is 21.4. The van der Waals surface area contributed by atoms with Gasteiger partial charge in [-0.25, -0.2) is 4.79 Å². The van der Waals surface area contributed by atoms with Crippen LogP contribution in [0, 0.1) is 0 Å². The van der Waals surface area contributed by atoms with Gasteiger partial charge in [0.2, 0.25) is 12.5 Å². The predicted octanol–water partition coefficient (Wildman–Crippen LogP) is 1.82. The van der Waals surface area contributed by atoms with Crippen molar-refractivity contribution in [3.63, 3.8) is 0 Å². The molecule has 4 rings (SSSR count). The topological polar surface area (TPSA) is 77.5 Å². The van der Waals surface area contributed by atoms with E-state index in [9.17, 15) is 9.90 Å². The Hall–Kier alpha value is -2.41. The van der Waals surface area contributed by atoms with Gasteiger partial charge in [0.15, 0.2) is 11.5 Å². The summed E-state index contributed by atoms with van der Waals surface area (Å²) in [5.41, 5.74) is 0.565. The number of amides is 1. The van der Waals surface area contributed by atoms with E-state index in [2.05, 4.69) is 0 Å². The maximum Gasteiger partial charge on any atom is 0.409 e. The quantitative estimate of drug-likeness (QED) is 0.823. The number of benzene rings is 1. The molecule has 1 amide bonds. The summed E-state index contributed by atoms with van der Waals surface area (Å²) in [5, 5.41) is 10.1. The monoisotopic (exact) mass is 347 g/mol. The number of hydrogen-bond donors (Lipinski definition) is 1. The molecule has 134 valence electrons. The fourth-order valence-electron chi connectivity index (χ4n) is 4.20. The summed E-state index contributed by atoms with van der Waals surface area (Å²) in [6.07, 6.45) is 4.04. The van der Waals surface area contributed by atoms with Gasteiger partial charge >= 0.3 is 6.09 Å². The summed E-state index contributed by atoms with van der Waals surface area (Å²) in [4.78, 5) is 13.9. The molecule has 3 atom stereocenters. The van der Waals surface area contributed by atoms with Crippen LogP contribution in [-0.4, -0.2) is 55.8 Å². The van der Waals surface area contributed by atoms with E-state index in [0.29, 0.717) is 30.2 Å². The molecule has 0 spiro atoms. The summed E-state index contributed by atoms with van der Waals surface area (Å²) in [5.74, 6) is 1.84. The van der Waals surface area contributed by atoms with Gasteiger partial charge in [-0.15, -0.1) is 0 Å². The van der Waals surface area contributed by atoms with E-state index in [1.165, 1.54) is 7.11 Å². The third-order valence-corrected chi connectivity index (χ3v) is 5.42. The van der Waals surface area contributed by atoms with Crippen molar-refractivity contribution in [2.75, 3.05) is 27.6 Å². The molecule has 0 unspecified atom stereocenters. The van der Waals surface area contributed by atoms with Crippen molar-refractivity contribution in [1.82, 2.24) is 4.90 Å². The first-order valence-corrected chi connectivity index (χ1v) is 8.29. The van der Waals surface area contributed by atoms with Gasteiger partial charge in [0.25, 0.3) is 0 Å². The minimum absolute atomic E-state index is 0.161. The van der Waals surface area contributed by atoms with Crippen molar-refractivity contribution in [3.8, 4) is 17.2 Å². The Labute approximate surface area is 145 Å². The molecule has 2 heterocycles. The van der Waals surface area contributed by atoms with E-state index in [4.69, 9.17) is 18.9 Å². The van der Waals surface area contributed by atoms with E-state index >= 15 is 0 Å². The van der Waals surface area contributed by atoms with E-state index in [1.807, 2.05) is 18.2 Å². The number of carbonyl (C=O) groups is 1. The number of fused-ring (bicyclic) bond motifs is 2. The number of likely N-dealkylation sites (tertiary alicyclic amines) is 1. The Balaban J connectivity index is 1.82. The van der Waals surface area contributed by atoms with E-state index in [0.717, 1.165) is 12.0 Å². The lowest BCUT2D eigenvalue weighted by atomic mass is 9.69.